The van der Waals surface area contributed by atoms with E-state index in [0.29, 0.717) is 16.3 Å². The molecule has 0 aliphatic rings. The smallest absolute Gasteiger partial charge is 0.172 e. The molecule has 1 aromatic carbocycles. The Balaban J connectivity index is 2.70. The number of phenols is 1. The third-order valence-electron chi connectivity index (χ3n) is 3.03. The highest BCUT2D eigenvalue weighted by molar-refractivity contribution is 9.10. The Morgan fingerprint density at radius 3 is 2.67 bits per heavy atom. The number of methoxy groups -OCH3 is 1. The Morgan fingerprint density at radius 2 is 2.11 bits per heavy atom. The van der Waals surface area contributed by atoms with Gasteiger partial charge in [0.15, 0.2) is 11.5 Å². The molecule has 0 bridgehead atoms. The van der Waals surface area contributed by atoms with Crippen molar-refractivity contribution in [1.29, 1.82) is 0 Å². The van der Waals surface area contributed by atoms with Gasteiger partial charge >= 0.3 is 0 Å². The Morgan fingerprint density at radius 1 is 1.39 bits per heavy atom. The minimum Gasteiger partial charge on any atom is -0.503 e. The molecule has 1 unspecified atom stereocenters. The van der Waals surface area contributed by atoms with Crippen molar-refractivity contribution in [2.45, 2.75) is 45.7 Å². The average Bonchev–Trinajstić information content (AvgIpc) is 2.38. The first-order valence-electron chi connectivity index (χ1n) is 6.41. The minimum atomic E-state index is 0.154. The highest BCUT2D eigenvalue weighted by Crippen LogP contribution is 2.35. The second kappa shape index (κ2) is 7.64. The summed E-state index contributed by atoms with van der Waals surface area (Å²) in [6.45, 7) is 5.18. The molecular weight excluding hydrogens is 294 g/mol. The van der Waals surface area contributed by atoms with Crippen LogP contribution in [-0.2, 0) is 6.54 Å². The van der Waals surface area contributed by atoms with Crippen LogP contribution in [0.2, 0.25) is 0 Å². The standard InChI is InChI=1S/C14H22BrNO2/c1-4-6-11(5-2)16-9-10-7-12(15)14(17)13(8-10)18-3/h7-8,11,16-17H,4-6,9H2,1-3H3. The van der Waals surface area contributed by atoms with Crippen molar-refractivity contribution in [2.24, 2.45) is 0 Å². The molecule has 0 aliphatic carbocycles. The lowest BCUT2D eigenvalue weighted by Gasteiger charge is -2.17. The van der Waals surface area contributed by atoms with E-state index in [2.05, 4.69) is 35.1 Å². The minimum absolute atomic E-state index is 0.154. The Bertz CT molecular complexity index is 382. The largest absolute Gasteiger partial charge is 0.503 e. The molecule has 102 valence electrons. The number of ether oxygens (including phenoxy) is 1. The van der Waals surface area contributed by atoms with Gasteiger partial charge in [0.1, 0.15) is 0 Å². The normalized spacial score (nSPS) is 12.4. The highest BCUT2D eigenvalue weighted by atomic mass is 79.9. The summed E-state index contributed by atoms with van der Waals surface area (Å²) in [5, 5.41) is 13.3. The Hall–Kier alpha value is -0.740. The maximum Gasteiger partial charge on any atom is 0.172 e. The van der Waals surface area contributed by atoms with Gasteiger partial charge < -0.3 is 15.2 Å². The van der Waals surface area contributed by atoms with Gasteiger partial charge in [-0.25, -0.2) is 0 Å². The lowest BCUT2D eigenvalue weighted by molar-refractivity contribution is 0.370. The summed E-state index contributed by atoms with van der Waals surface area (Å²) < 4.78 is 5.81. The Kier molecular flexibility index (Phi) is 6.50. The van der Waals surface area contributed by atoms with Gasteiger partial charge in [0.25, 0.3) is 0 Å². The van der Waals surface area contributed by atoms with E-state index in [9.17, 15) is 5.11 Å². The molecule has 2 N–H and O–H groups in total. The van der Waals surface area contributed by atoms with Crippen LogP contribution in [0.15, 0.2) is 16.6 Å². The zero-order chi connectivity index (χ0) is 13.5. The van der Waals surface area contributed by atoms with Crippen LogP contribution in [0.25, 0.3) is 0 Å². The first-order valence-corrected chi connectivity index (χ1v) is 7.20. The first kappa shape index (κ1) is 15.3. The van der Waals surface area contributed by atoms with Crippen LogP contribution < -0.4 is 10.1 Å². The molecule has 18 heavy (non-hydrogen) atoms. The number of nitrogens with one attached hydrogen (secondary N) is 1. The molecule has 1 rings (SSSR count). The number of rotatable bonds is 7. The molecule has 0 spiro atoms. The quantitative estimate of drug-likeness (QED) is 0.803. The summed E-state index contributed by atoms with van der Waals surface area (Å²) in [7, 11) is 1.56. The van der Waals surface area contributed by atoms with E-state index in [0.717, 1.165) is 18.5 Å². The van der Waals surface area contributed by atoms with Gasteiger partial charge in [-0.1, -0.05) is 20.3 Å². The van der Waals surface area contributed by atoms with E-state index >= 15 is 0 Å². The summed E-state index contributed by atoms with van der Waals surface area (Å²) in [5.74, 6) is 0.659. The van der Waals surface area contributed by atoms with Crippen molar-refractivity contribution in [3.05, 3.63) is 22.2 Å². The van der Waals surface area contributed by atoms with E-state index in [1.54, 1.807) is 7.11 Å². The van der Waals surface area contributed by atoms with Crippen LogP contribution in [0.4, 0.5) is 0 Å². The summed E-state index contributed by atoms with van der Waals surface area (Å²) in [6.07, 6.45) is 3.51. The summed E-state index contributed by atoms with van der Waals surface area (Å²) in [6, 6.07) is 4.34. The molecule has 0 aliphatic heterocycles. The van der Waals surface area contributed by atoms with Gasteiger partial charge in [-0.2, -0.15) is 0 Å². The molecule has 0 saturated heterocycles. The van der Waals surface area contributed by atoms with Crippen LogP contribution in [0.1, 0.15) is 38.7 Å². The maximum atomic E-state index is 9.74. The van der Waals surface area contributed by atoms with Crippen molar-refractivity contribution in [2.75, 3.05) is 7.11 Å². The van der Waals surface area contributed by atoms with Gasteiger partial charge in [-0.05, 0) is 46.5 Å². The predicted molar refractivity (Wildman–Crippen MR) is 78.2 cm³/mol. The van der Waals surface area contributed by atoms with Crippen LogP contribution in [0, 0.1) is 0 Å². The van der Waals surface area contributed by atoms with Gasteiger partial charge in [-0.15, -0.1) is 0 Å². The third kappa shape index (κ3) is 4.18. The monoisotopic (exact) mass is 315 g/mol. The van der Waals surface area contributed by atoms with E-state index in [4.69, 9.17) is 4.74 Å². The van der Waals surface area contributed by atoms with Crippen LogP contribution in [-0.4, -0.2) is 18.3 Å². The van der Waals surface area contributed by atoms with Crippen LogP contribution >= 0.6 is 15.9 Å². The molecule has 0 radical (unpaired) electrons. The molecule has 3 nitrogen and oxygen atoms in total. The van der Waals surface area contributed by atoms with E-state index in [1.165, 1.54) is 12.8 Å². The number of phenolic OH excluding ortho intramolecular Hbond substituents is 1. The van der Waals surface area contributed by atoms with Gasteiger partial charge in [0.05, 0.1) is 11.6 Å². The first-order chi connectivity index (χ1) is 8.62. The van der Waals surface area contributed by atoms with Gasteiger partial charge in [-0.3, -0.25) is 0 Å². The number of hydrogen-bond donors (Lipinski definition) is 2. The second-order valence-electron chi connectivity index (χ2n) is 4.40. The molecule has 1 aromatic rings. The van der Waals surface area contributed by atoms with E-state index < -0.39 is 0 Å². The van der Waals surface area contributed by atoms with Crippen molar-refractivity contribution in [3.8, 4) is 11.5 Å². The number of hydrogen-bond acceptors (Lipinski definition) is 3. The third-order valence-corrected chi connectivity index (χ3v) is 3.64. The molecule has 0 amide bonds. The Labute approximate surface area is 118 Å². The maximum absolute atomic E-state index is 9.74. The van der Waals surface area contributed by atoms with Crippen LogP contribution in [0.5, 0.6) is 11.5 Å². The summed E-state index contributed by atoms with van der Waals surface area (Å²) in [5.41, 5.74) is 1.10. The fraction of sp³-hybridized carbons (Fsp3) is 0.571. The number of halogens is 1. The topological polar surface area (TPSA) is 41.5 Å². The number of benzene rings is 1. The molecule has 0 heterocycles. The summed E-state index contributed by atoms with van der Waals surface area (Å²) in [4.78, 5) is 0. The fourth-order valence-electron chi connectivity index (χ4n) is 1.95. The van der Waals surface area contributed by atoms with Crippen molar-refractivity contribution >= 4 is 15.9 Å². The molecule has 4 heteroatoms. The fourth-order valence-corrected chi connectivity index (χ4v) is 2.44. The van der Waals surface area contributed by atoms with Crippen molar-refractivity contribution in [1.82, 2.24) is 5.32 Å². The van der Waals surface area contributed by atoms with E-state index in [1.807, 2.05) is 12.1 Å². The zero-order valence-corrected chi connectivity index (χ0v) is 12.9. The highest BCUT2D eigenvalue weighted by Gasteiger charge is 2.10. The summed E-state index contributed by atoms with van der Waals surface area (Å²) >= 11 is 3.33. The predicted octanol–water partition coefficient (Wildman–Crippen LogP) is 3.83. The van der Waals surface area contributed by atoms with Gasteiger partial charge in [0.2, 0.25) is 0 Å². The molecule has 0 aromatic heterocycles. The lowest BCUT2D eigenvalue weighted by atomic mass is 10.1. The average molecular weight is 316 g/mol. The van der Waals surface area contributed by atoms with Crippen molar-refractivity contribution < 1.29 is 9.84 Å². The molecule has 1 atom stereocenters. The molecule has 0 fully saturated rings. The molecule has 0 saturated carbocycles. The van der Waals surface area contributed by atoms with Gasteiger partial charge in [0, 0.05) is 12.6 Å². The second-order valence-corrected chi connectivity index (χ2v) is 5.26. The van der Waals surface area contributed by atoms with Crippen LogP contribution in [0.3, 0.4) is 0 Å². The van der Waals surface area contributed by atoms with E-state index in [-0.39, 0.29) is 5.75 Å². The zero-order valence-electron chi connectivity index (χ0n) is 11.3. The number of aromatic hydroxyl groups is 1. The lowest BCUT2D eigenvalue weighted by Crippen LogP contribution is -2.27. The molecular formula is C14H22BrNO2. The SMILES string of the molecule is CCCC(CC)NCc1cc(Br)c(O)c(OC)c1. The van der Waals surface area contributed by atoms with Crippen molar-refractivity contribution in [3.63, 3.8) is 0 Å².